The Balaban J connectivity index is 1.33. The third-order valence-electron chi connectivity index (χ3n) is 4.78. The Hall–Kier alpha value is -2.88. The molecule has 0 fully saturated rings. The molecular formula is C20H19BrN8OS2. The number of carbonyl (C=O) groups is 1. The van der Waals surface area contributed by atoms with Crippen LogP contribution < -0.4 is 16.6 Å². The molecule has 2 heterocycles. The molecule has 0 bridgehead atoms. The standard InChI is InChI=1S/C20H19BrN8OS2/c21-13-7-5-12(6-8-13)10-24-26-19-27-28-20(29(19)23)31-11-17(30)25-18-15(9-22)14-3-1-2-4-16(14)32-18/h5-8,10H,1-4,11,23H2,(H,25,30)(H,26,27)/b24-10+. The number of amides is 1. The molecule has 4 N–H and O–H groups in total. The summed E-state index contributed by atoms with van der Waals surface area (Å²) in [5.41, 5.74) is 5.33. The van der Waals surface area contributed by atoms with Gasteiger partial charge < -0.3 is 11.2 Å². The maximum Gasteiger partial charge on any atom is 0.264 e. The maximum absolute atomic E-state index is 12.5. The summed E-state index contributed by atoms with van der Waals surface area (Å²) >= 11 is 6.04. The molecule has 0 aliphatic heterocycles. The molecule has 3 aromatic rings. The van der Waals surface area contributed by atoms with E-state index in [4.69, 9.17) is 5.84 Å². The van der Waals surface area contributed by atoms with Gasteiger partial charge in [0, 0.05) is 9.35 Å². The molecule has 9 nitrogen and oxygen atoms in total. The number of carbonyl (C=O) groups excluding carboxylic acids is 1. The number of benzene rings is 1. The van der Waals surface area contributed by atoms with Gasteiger partial charge in [-0.1, -0.05) is 39.8 Å². The number of aryl methyl sites for hydroxylation is 1. The van der Waals surface area contributed by atoms with Crippen molar-refractivity contribution in [3.63, 3.8) is 0 Å². The van der Waals surface area contributed by atoms with Gasteiger partial charge in [-0.05, 0) is 48.9 Å². The number of anilines is 2. The Morgan fingerprint density at radius 3 is 2.91 bits per heavy atom. The third kappa shape index (κ3) is 5.12. The Morgan fingerprint density at radius 1 is 1.34 bits per heavy atom. The lowest BCUT2D eigenvalue weighted by Gasteiger charge is -2.09. The number of fused-ring (bicyclic) bond motifs is 1. The Labute approximate surface area is 201 Å². The number of nitriles is 1. The molecule has 1 aromatic carbocycles. The normalized spacial score (nSPS) is 13.0. The van der Waals surface area contributed by atoms with E-state index in [1.165, 1.54) is 20.9 Å². The van der Waals surface area contributed by atoms with E-state index in [-0.39, 0.29) is 17.6 Å². The predicted octanol–water partition coefficient (Wildman–Crippen LogP) is 3.74. The van der Waals surface area contributed by atoms with Gasteiger partial charge in [-0.15, -0.1) is 21.5 Å². The minimum atomic E-state index is -0.226. The molecule has 1 amide bonds. The van der Waals surface area contributed by atoms with E-state index in [1.807, 2.05) is 24.3 Å². The fourth-order valence-electron chi connectivity index (χ4n) is 3.23. The van der Waals surface area contributed by atoms with Crippen molar-refractivity contribution in [1.82, 2.24) is 14.9 Å². The summed E-state index contributed by atoms with van der Waals surface area (Å²) in [6.45, 7) is 0. The van der Waals surface area contributed by atoms with Crippen molar-refractivity contribution in [2.75, 3.05) is 22.3 Å². The highest BCUT2D eigenvalue weighted by atomic mass is 79.9. The molecule has 0 spiro atoms. The van der Waals surface area contributed by atoms with Crippen molar-refractivity contribution in [3.8, 4) is 6.07 Å². The first-order valence-electron chi connectivity index (χ1n) is 9.77. The topological polar surface area (TPSA) is 134 Å². The number of aromatic nitrogens is 3. The van der Waals surface area contributed by atoms with Crippen LogP contribution in [0.15, 0.2) is 39.0 Å². The molecule has 0 saturated carbocycles. The second-order valence-electron chi connectivity index (χ2n) is 6.96. The van der Waals surface area contributed by atoms with Crippen LogP contribution in [0.2, 0.25) is 0 Å². The van der Waals surface area contributed by atoms with Crippen LogP contribution >= 0.6 is 39.0 Å². The lowest BCUT2D eigenvalue weighted by atomic mass is 9.96. The minimum Gasteiger partial charge on any atom is -0.334 e. The van der Waals surface area contributed by atoms with Crippen LogP contribution in [-0.2, 0) is 17.6 Å². The van der Waals surface area contributed by atoms with Gasteiger partial charge in [0.2, 0.25) is 11.1 Å². The number of hydrogen-bond donors (Lipinski definition) is 3. The van der Waals surface area contributed by atoms with Gasteiger partial charge in [-0.25, -0.2) is 10.1 Å². The summed E-state index contributed by atoms with van der Waals surface area (Å²) in [6, 6.07) is 9.89. The van der Waals surface area contributed by atoms with Crippen molar-refractivity contribution >= 4 is 62.1 Å². The van der Waals surface area contributed by atoms with Gasteiger partial charge >= 0.3 is 0 Å². The van der Waals surface area contributed by atoms with Gasteiger partial charge in [-0.3, -0.25) is 4.79 Å². The molecule has 0 atom stereocenters. The molecule has 0 unspecified atom stereocenters. The number of rotatable bonds is 7. The Bertz CT molecular complexity index is 1200. The van der Waals surface area contributed by atoms with Gasteiger partial charge in [0.25, 0.3) is 5.95 Å². The number of thioether (sulfide) groups is 1. The number of halogens is 1. The summed E-state index contributed by atoms with van der Waals surface area (Å²) in [6.07, 6.45) is 5.70. The van der Waals surface area contributed by atoms with E-state index < -0.39 is 0 Å². The SMILES string of the molecule is N#Cc1c(NC(=O)CSc2nnc(N/N=C/c3ccc(Br)cc3)n2N)sc2c1CCCC2. The number of nitrogens with zero attached hydrogens (tertiary/aromatic N) is 5. The summed E-state index contributed by atoms with van der Waals surface area (Å²) < 4.78 is 2.22. The zero-order valence-corrected chi connectivity index (χ0v) is 20.1. The molecule has 0 radical (unpaired) electrons. The fraction of sp³-hybridized carbons (Fsp3) is 0.250. The number of hydrazone groups is 1. The highest BCUT2D eigenvalue weighted by Crippen LogP contribution is 2.37. The Kier molecular flexibility index (Phi) is 7.09. The minimum absolute atomic E-state index is 0.0882. The second-order valence-corrected chi connectivity index (χ2v) is 9.92. The zero-order chi connectivity index (χ0) is 22.5. The van der Waals surface area contributed by atoms with Crippen LogP contribution in [0.25, 0.3) is 0 Å². The lowest BCUT2D eigenvalue weighted by molar-refractivity contribution is -0.113. The van der Waals surface area contributed by atoms with Crippen LogP contribution in [0, 0.1) is 11.3 Å². The molecule has 32 heavy (non-hydrogen) atoms. The van der Waals surface area contributed by atoms with Crippen LogP contribution in [0.1, 0.15) is 34.4 Å². The van der Waals surface area contributed by atoms with E-state index in [0.717, 1.165) is 53.0 Å². The van der Waals surface area contributed by atoms with Gasteiger partial charge in [0.1, 0.15) is 11.1 Å². The molecule has 164 valence electrons. The van der Waals surface area contributed by atoms with Crippen LogP contribution in [-0.4, -0.2) is 32.7 Å². The van der Waals surface area contributed by atoms with E-state index in [2.05, 4.69) is 48.0 Å². The number of hydrogen-bond acceptors (Lipinski definition) is 9. The predicted molar refractivity (Wildman–Crippen MR) is 131 cm³/mol. The van der Waals surface area contributed by atoms with Crippen molar-refractivity contribution < 1.29 is 4.79 Å². The first kappa shape index (κ1) is 22.3. The smallest absolute Gasteiger partial charge is 0.264 e. The quantitative estimate of drug-likeness (QED) is 0.183. The van der Waals surface area contributed by atoms with E-state index in [1.54, 1.807) is 6.21 Å². The molecule has 1 aliphatic carbocycles. The number of nitrogens with one attached hydrogen (secondary N) is 2. The Morgan fingerprint density at radius 2 is 2.12 bits per heavy atom. The average Bonchev–Trinajstić information content (AvgIpc) is 3.33. The van der Waals surface area contributed by atoms with E-state index >= 15 is 0 Å². The highest BCUT2D eigenvalue weighted by molar-refractivity contribution is 9.10. The van der Waals surface area contributed by atoms with Crippen molar-refractivity contribution in [1.29, 1.82) is 5.26 Å². The average molecular weight is 531 g/mol. The molecular weight excluding hydrogens is 512 g/mol. The first-order valence-corrected chi connectivity index (χ1v) is 12.4. The molecule has 1 aliphatic rings. The second kappa shape index (κ2) is 10.2. The van der Waals surface area contributed by atoms with Crippen LogP contribution in [0.3, 0.4) is 0 Å². The molecule has 12 heteroatoms. The summed E-state index contributed by atoms with van der Waals surface area (Å²) in [5.74, 6) is 6.12. The number of nitrogens with two attached hydrogens (primary N) is 1. The number of nitrogen functional groups attached to an aromatic ring is 1. The number of thiophene rings is 1. The fourth-order valence-corrected chi connectivity index (χ4v) is 5.41. The van der Waals surface area contributed by atoms with Crippen LogP contribution in [0.4, 0.5) is 10.9 Å². The van der Waals surface area contributed by atoms with Crippen LogP contribution in [0.5, 0.6) is 0 Å². The summed E-state index contributed by atoms with van der Waals surface area (Å²) in [4.78, 5) is 13.7. The lowest BCUT2D eigenvalue weighted by Crippen LogP contribution is -2.17. The molecule has 2 aromatic heterocycles. The maximum atomic E-state index is 12.5. The summed E-state index contributed by atoms with van der Waals surface area (Å²) in [5, 5.41) is 25.4. The van der Waals surface area contributed by atoms with E-state index in [9.17, 15) is 10.1 Å². The van der Waals surface area contributed by atoms with E-state index in [0.29, 0.717) is 15.7 Å². The zero-order valence-electron chi connectivity index (χ0n) is 16.8. The summed E-state index contributed by atoms with van der Waals surface area (Å²) in [7, 11) is 0. The van der Waals surface area contributed by atoms with Crippen molar-refractivity contribution in [2.45, 2.75) is 30.8 Å². The molecule has 0 saturated heterocycles. The van der Waals surface area contributed by atoms with Gasteiger partial charge in [0.05, 0.1) is 17.5 Å². The van der Waals surface area contributed by atoms with Crippen molar-refractivity contribution in [3.05, 3.63) is 50.3 Å². The first-order chi connectivity index (χ1) is 15.5. The molecule has 4 rings (SSSR count). The monoisotopic (exact) mass is 530 g/mol. The van der Waals surface area contributed by atoms with Gasteiger partial charge in [-0.2, -0.15) is 10.4 Å². The third-order valence-corrected chi connectivity index (χ3v) is 7.46. The highest BCUT2D eigenvalue weighted by Gasteiger charge is 2.22. The largest absolute Gasteiger partial charge is 0.334 e. The van der Waals surface area contributed by atoms with Gasteiger partial charge in [0.15, 0.2) is 0 Å². The van der Waals surface area contributed by atoms with Crippen molar-refractivity contribution in [2.24, 2.45) is 5.10 Å².